The van der Waals surface area contributed by atoms with Gasteiger partial charge in [-0.15, -0.1) is 0 Å². The molecule has 0 bridgehead atoms. The van der Waals surface area contributed by atoms with Crippen LogP contribution in [0.15, 0.2) is 28.9 Å². The number of fused-ring (bicyclic) bond motifs is 1. The minimum Gasteiger partial charge on any atom is -0.377 e. The van der Waals surface area contributed by atoms with Crippen LogP contribution in [0.5, 0.6) is 0 Å². The maximum Gasteiger partial charge on any atom is 0.0737 e. The van der Waals surface area contributed by atoms with E-state index in [9.17, 15) is 0 Å². The molecule has 0 radical (unpaired) electrons. The van der Waals surface area contributed by atoms with Crippen LogP contribution in [0.2, 0.25) is 0 Å². The van der Waals surface area contributed by atoms with Crippen LogP contribution in [-0.4, -0.2) is 11.2 Å². The maximum atomic E-state index is 5.50. The highest BCUT2D eigenvalue weighted by molar-refractivity contribution is 9.10. The normalized spacial score (nSPS) is 11.2. The summed E-state index contributed by atoms with van der Waals surface area (Å²) in [5.41, 5.74) is 2.53. The van der Waals surface area contributed by atoms with E-state index in [4.69, 9.17) is 4.74 Å². The molecule has 0 saturated heterocycles. The van der Waals surface area contributed by atoms with E-state index in [1.54, 1.807) is 0 Å². The van der Waals surface area contributed by atoms with Crippen molar-refractivity contribution >= 4 is 26.8 Å². The van der Waals surface area contributed by atoms with Crippen molar-refractivity contribution in [3.05, 3.63) is 34.4 Å². The lowest BCUT2D eigenvalue weighted by molar-refractivity contribution is 0.135. The first-order chi connectivity index (χ1) is 7.77. The lowest BCUT2D eigenvalue weighted by Gasteiger charge is -2.01. The van der Waals surface area contributed by atoms with Crippen molar-refractivity contribution < 1.29 is 4.74 Å². The van der Waals surface area contributed by atoms with Crippen LogP contribution >= 0.6 is 15.9 Å². The van der Waals surface area contributed by atoms with E-state index in [0.717, 1.165) is 17.6 Å². The Balaban J connectivity index is 2.54. The van der Waals surface area contributed by atoms with Crippen molar-refractivity contribution in [2.75, 3.05) is 6.61 Å². The molecule has 0 N–H and O–H groups in total. The van der Waals surface area contributed by atoms with Crippen LogP contribution in [0.3, 0.4) is 0 Å². The monoisotopic (exact) mass is 281 g/mol. The van der Waals surface area contributed by atoms with Gasteiger partial charge in [-0.2, -0.15) is 0 Å². The summed E-state index contributed by atoms with van der Waals surface area (Å²) in [4.78, 5) is 0. The third kappa shape index (κ3) is 2.02. The number of hydrogen-bond acceptors (Lipinski definition) is 1. The van der Waals surface area contributed by atoms with Crippen LogP contribution < -0.4 is 0 Å². The molecule has 2 aromatic rings. The van der Waals surface area contributed by atoms with Crippen molar-refractivity contribution in [2.24, 2.45) is 0 Å². The van der Waals surface area contributed by atoms with Gasteiger partial charge in [-0.1, -0.05) is 12.1 Å². The number of aromatic nitrogens is 1. The van der Waals surface area contributed by atoms with Gasteiger partial charge < -0.3 is 9.30 Å². The summed E-state index contributed by atoms with van der Waals surface area (Å²) < 4.78 is 8.90. The minimum atomic E-state index is 0.691. The summed E-state index contributed by atoms with van der Waals surface area (Å²) in [6, 6.07) is 6.31. The van der Waals surface area contributed by atoms with E-state index >= 15 is 0 Å². The smallest absolute Gasteiger partial charge is 0.0737 e. The second-order valence-corrected chi connectivity index (χ2v) is 4.57. The van der Waals surface area contributed by atoms with Crippen LogP contribution in [0, 0.1) is 0 Å². The van der Waals surface area contributed by atoms with Gasteiger partial charge in [0.1, 0.15) is 0 Å². The average molecular weight is 282 g/mol. The van der Waals surface area contributed by atoms with Gasteiger partial charge >= 0.3 is 0 Å². The third-order valence-electron chi connectivity index (χ3n) is 2.73. The zero-order valence-corrected chi connectivity index (χ0v) is 11.3. The number of para-hydroxylation sites is 1. The molecule has 0 aliphatic rings. The third-order valence-corrected chi connectivity index (χ3v) is 3.37. The van der Waals surface area contributed by atoms with Crippen LogP contribution in [0.4, 0.5) is 0 Å². The van der Waals surface area contributed by atoms with Crippen LogP contribution in [-0.2, 0) is 17.9 Å². The van der Waals surface area contributed by atoms with Gasteiger partial charge in [0.2, 0.25) is 0 Å². The molecule has 3 heteroatoms. The highest BCUT2D eigenvalue weighted by atomic mass is 79.9. The number of ether oxygens (including phenoxy) is 1. The number of hydrogen-bond donors (Lipinski definition) is 0. The van der Waals surface area contributed by atoms with Crippen LogP contribution in [0.25, 0.3) is 10.9 Å². The maximum absolute atomic E-state index is 5.50. The first-order valence-electron chi connectivity index (χ1n) is 5.61. The Kier molecular flexibility index (Phi) is 3.66. The SMILES string of the molecule is CCOCc1cn(CC)c2c(Br)cccc12. The number of benzene rings is 1. The van der Waals surface area contributed by atoms with Crippen molar-refractivity contribution in [2.45, 2.75) is 27.0 Å². The molecule has 86 valence electrons. The molecule has 1 heterocycles. The molecule has 0 fully saturated rings. The van der Waals surface area contributed by atoms with Gasteiger partial charge in [0, 0.05) is 34.8 Å². The quantitative estimate of drug-likeness (QED) is 0.828. The highest BCUT2D eigenvalue weighted by Crippen LogP contribution is 2.28. The Labute approximate surface area is 104 Å². The largest absolute Gasteiger partial charge is 0.377 e. The Bertz CT molecular complexity index is 490. The van der Waals surface area contributed by atoms with Gasteiger partial charge in [0.15, 0.2) is 0 Å². The first-order valence-corrected chi connectivity index (χ1v) is 6.41. The molecule has 0 aliphatic carbocycles. The van der Waals surface area contributed by atoms with E-state index in [0.29, 0.717) is 6.61 Å². The molecule has 0 atom stereocenters. The van der Waals surface area contributed by atoms with Gasteiger partial charge in [-0.3, -0.25) is 0 Å². The average Bonchev–Trinajstić information content (AvgIpc) is 2.66. The standard InChI is InChI=1S/C13H16BrNO/c1-3-15-8-10(9-16-4-2)11-6-5-7-12(14)13(11)15/h5-8H,3-4,9H2,1-2H3. The lowest BCUT2D eigenvalue weighted by atomic mass is 10.2. The van der Waals surface area contributed by atoms with Crippen molar-refractivity contribution in [3.8, 4) is 0 Å². The molecule has 2 nitrogen and oxygen atoms in total. The zero-order valence-electron chi connectivity index (χ0n) is 9.66. The highest BCUT2D eigenvalue weighted by Gasteiger charge is 2.09. The van der Waals surface area contributed by atoms with Gasteiger partial charge in [-0.25, -0.2) is 0 Å². The van der Waals surface area contributed by atoms with Crippen molar-refractivity contribution in [1.29, 1.82) is 0 Å². The van der Waals surface area contributed by atoms with Gasteiger partial charge in [0.25, 0.3) is 0 Å². The Morgan fingerprint density at radius 3 is 2.81 bits per heavy atom. The molecular weight excluding hydrogens is 266 g/mol. The summed E-state index contributed by atoms with van der Waals surface area (Å²) in [7, 11) is 0. The van der Waals surface area contributed by atoms with E-state index in [2.05, 4.69) is 51.8 Å². The molecule has 0 spiro atoms. The Hall–Kier alpha value is -0.800. The number of halogens is 1. The molecule has 0 unspecified atom stereocenters. The fraction of sp³-hybridized carbons (Fsp3) is 0.385. The van der Waals surface area contributed by atoms with Crippen LogP contribution in [0.1, 0.15) is 19.4 Å². The number of aryl methyl sites for hydroxylation is 1. The molecule has 1 aromatic carbocycles. The van der Waals surface area contributed by atoms with Crippen molar-refractivity contribution in [1.82, 2.24) is 4.57 Å². The minimum absolute atomic E-state index is 0.691. The number of nitrogens with zero attached hydrogens (tertiary/aromatic N) is 1. The van der Waals surface area contributed by atoms with E-state index in [1.165, 1.54) is 16.5 Å². The predicted molar refractivity (Wildman–Crippen MR) is 70.6 cm³/mol. The molecule has 0 amide bonds. The summed E-state index contributed by atoms with van der Waals surface area (Å²) >= 11 is 3.61. The molecule has 1 aromatic heterocycles. The fourth-order valence-electron chi connectivity index (χ4n) is 1.97. The molecule has 16 heavy (non-hydrogen) atoms. The summed E-state index contributed by atoms with van der Waals surface area (Å²) in [5.74, 6) is 0. The Morgan fingerprint density at radius 2 is 2.12 bits per heavy atom. The lowest BCUT2D eigenvalue weighted by Crippen LogP contribution is -1.92. The first kappa shape index (κ1) is 11.7. The molecule has 0 saturated carbocycles. The Morgan fingerprint density at radius 1 is 1.31 bits per heavy atom. The zero-order chi connectivity index (χ0) is 11.5. The van der Waals surface area contributed by atoms with Gasteiger partial charge in [0.05, 0.1) is 12.1 Å². The van der Waals surface area contributed by atoms with E-state index in [-0.39, 0.29) is 0 Å². The fourth-order valence-corrected chi connectivity index (χ4v) is 2.56. The molecular formula is C13H16BrNO. The van der Waals surface area contributed by atoms with E-state index < -0.39 is 0 Å². The summed E-state index contributed by atoms with van der Waals surface area (Å²) in [6.07, 6.45) is 2.19. The van der Waals surface area contributed by atoms with Crippen molar-refractivity contribution in [3.63, 3.8) is 0 Å². The summed E-state index contributed by atoms with van der Waals surface area (Å²) in [6.45, 7) is 6.60. The second kappa shape index (κ2) is 5.02. The predicted octanol–water partition coefficient (Wildman–Crippen LogP) is 3.96. The topological polar surface area (TPSA) is 14.2 Å². The van der Waals surface area contributed by atoms with E-state index in [1.807, 2.05) is 6.92 Å². The molecule has 0 aliphatic heterocycles. The molecule has 2 rings (SSSR count). The number of rotatable bonds is 4. The second-order valence-electron chi connectivity index (χ2n) is 3.71. The summed E-state index contributed by atoms with van der Waals surface area (Å²) in [5, 5.41) is 1.28. The van der Waals surface area contributed by atoms with Gasteiger partial charge in [-0.05, 0) is 35.8 Å².